The van der Waals surface area contributed by atoms with Crippen molar-refractivity contribution in [3.05, 3.63) is 65.7 Å². The Morgan fingerprint density at radius 2 is 1.72 bits per heavy atom. The highest BCUT2D eigenvalue weighted by Gasteiger charge is 2.21. The van der Waals surface area contributed by atoms with E-state index in [1.54, 1.807) is 39.5 Å². The maximum absolute atomic E-state index is 13.1. The molecule has 0 bridgehead atoms. The number of carbonyl (C=O) groups is 1. The lowest BCUT2D eigenvalue weighted by Gasteiger charge is -2.14. The summed E-state index contributed by atoms with van der Waals surface area (Å²) in [6, 6.07) is 16.4. The number of aryl methyl sites for hydroxylation is 1. The van der Waals surface area contributed by atoms with E-state index in [9.17, 15) is 4.79 Å². The Labute approximate surface area is 252 Å². The predicted molar refractivity (Wildman–Crippen MR) is 168 cm³/mol. The number of methoxy groups -OCH3 is 3. The van der Waals surface area contributed by atoms with E-state index in [2.05, 4.69) is 31.1 Å². The summed E-state index contributed by atoms with van der Waals surface area (Å²) in [5, 5.41) is 14.1. The minimum absolute atomic E-state index is 0.219. The van der Waals surface area contributed by atoms with Crippen molar-refractivity contribution in [2.75, 3.05) is 49.6 Å². The second-order valence-corrected chi connectivity index (χ2v) is 10.3. The molecule has 5 N–H and O–H groups in total. The van der Waals surface area contributed by atoms with Crippen LogP contribution in [0.25, 0.3) is 22.2 Å². The molecule has 5 aromatic rings. The zero-order valence-corrected chi connectivity index (χ0v) is 25.1. The molecular formula is C30H31N7O5S. The summed E-state index contributed by atoms with van der Waals surface area (Å²) in [5.74, 6) is 2.03. The number of aromatic nitrogens is 3. The molecule has 0 spiro atoms. The SMILES string of the molecule is CCNc1ccccc1C(=O)Nc1ccc(C)c(-c2noc(-c3sc(Nc4cc(OC)c(OC)c(OC)c4)nc3N)n2)c1. The van der Waals surface area contributed by atoms with Gasteiger partial charge in [-0.25, -0.2) is 4.98 Å². The summed E-state index contributed by atoms with van der Waals surface area (Å²) in [4.78, 5) is 22.6. The largest absolute Gasteiger partial charge is 0.493 e. The molecule has 0 saturated heterocycles. The Morgan fingerprint density at radius 3 is 2.42 bits per heavy atom. The number of thiazole rings is 1. The molecule has 0 aliphatic heterocycles. The third kappa shape index (κ3) is 6.16. The third-order valence-electron chi connectivity index (χ3n) is 6.46. The fourth-order valence-electron chi connectivity index (χ4n) is 4.41. The van der Waals surface area contributed by atoms with Crippen LogP contribution in [-0.2, 0) is 0 Å². The molecular weight excluding hydrogens is 570 g/mol. The Kier molecular flexibility index (Phi) is 8.62. The van der Waals surface area contributed by atoms with E-state index in [-0.39, 0.29) is 17.6 Å². The van der Waals surface area contributed by atoms with Gasteiger partial charge in [-0.1, -0.05) is 34.7 Å². The molecule has 12 nitrogen and oxygen atoms in total. The van der Waals surface area contributed by atoms with E-state index >= 15 is 0 Å². The van der Waals surface area contributed by atoms with Gasteiger partial charge in [-0.05, 0) is 43.7 Å². The van der Waals surface area contributed by atoms with Crippen LogP contribution in [0, 0.1) is 6.92 Å². The van der Waals surface area contributed by atoms with E-state index < -0.39 is 0 Å². The standard InChI is InChI=1S/C30H31N7O5S/c1-6-32-21-10-8-7-9-19(21)28(38)33-17-12-11-16(2)20(13-17)27-36-29(42-37-27)25-26(31)35-30(43-25)34-18-14-22(39-3)24(41-5)23(15-18)40-4/h7-15,32H,6,31H2,1-5H3,(H,33,38)(H,34,35). The van der Waals surface area contributed by atoms with Gasteiger partial charge in [0.25, 0.3) is 11.8 Å². The van der Waals surface area contributed by atoms with Gasteiger partial charge in [0.1, 0.15) is 10.7 Å². The molecule has 0 radical (unpaired) electrons. The van der Waals surface area contributed by atoms with Crippen molar-refractivity contribution >= 4 is 45.3 Å². The predicted octanol–water partition coefficient (Wildman–Crippen LogP) is 6.20. The molecule has 13 heteroatoms. The van der Waals surface area contributed by atoms with Gasteiger partial charge in [-0.15, -0.1) is 0 Å². The number of carbonyl (C=O) groups excluding carboxylic acids is 1. The second-order valence-electron chi connectivity index (χ2n) is 9.26. The second kappa shape index (κ2) is 12.7. The Morgan fingerprint density at radius 1 is 0.977 bits per heavy atom. The van der Waals surface area contributed by atoms with E-state index in [0.29, 0.717) is 62.1 Å². The van der Waals surface area contributed by atoms with Crippen molar-refractivity contribution in [3.8, 4) is 39.4 Å². The smallest absolute Gasteiger partial charge is 0.272 e. The highest BCUT2D eigenvalue weighted by molar-refractivity contribution is 7.19. The number of nitrogens with zero attached hydrogens (tertiary/aromatic N) is 3. The first-order valence-electron chi connectivity index (χ1n) is 13.3. The first-order valence-corrected chi connectivity index (χ1v) is 14.1. The topological polar surface area (TPSA) is 159 Å². The number of rotatable bonds is 11. The molecule has 43 heavy (non-hydrogen) atoms. The van der Waals surface area contributed by atoms with Crippen LogP contribution in [0.5, 0.6) is 17.2 Å². The van der Waals surface area contributed by atoms with Crippen molar-refractivity contribution in [1.29, 1.82) is 0 Å². The molecule has 3 aromatic carbocycles. The molecule has 0 aliphatic rings. The monoisotopic (exact) mass is 601 g/mol. The van der Waals surface area contributed by atoms with Crippen molar-refractivity contribution in [2.24, 2.45) is 0 Å². The average molecular weight is 602 g/mol. The van der Waals surface area contributed by atoms with Crippen LogP contribution in [0.1, 0.15) is 22.8 Å². The van der Waals surface area contributed by atoms with Gasteiger partial charge < -0.3 is 40.4 Å². The number of ether oxygens (including phenoxy) is 3. The molecule has 0 atom stereocenters. The van der Waals surface area contributed by atoms with Gasteiger partial charge in [-0.2, -0.15) is 4.98 Å². The molecule has 0 saturated carbocycles. The minimum atomic E-state index is -0.232. The number of nitrogens with one attached hydrogen (secondary N) is 3. The fourth-order valence-corrected chi connectivity index (χ4v) is 5.23. The molecule has 5 rings (SSSR count). The lowest BCUT2D eigenvalue weighted by atomic mass is 10.1. The van der Waals surface area contributed by atoms with Gasteiger partial charge in [0.15, 0.2) is 16.6 Å². The molecule has 222 valence electrons. The highest BCUT2D eigenvalue weighted by atomic mass is 32.1. The summed E-state index contributed by atoms with van der Waals surface area (Å²) in [6.45, 7) is 4.61. The van der Waals surface area contributed by atoms with Crippen molar-refractivity contribution in [3.63, 3.8) is 0 Å². The lowest BCUT2D eigenvalue weighted by molar-refractivity contribution is 0.102. The van der Waals surface area contributed by atoms with Gasteiger partial charge in [0.05, 0.1) is 26.9 Å². The van der Waals surface area contributed by atoms with Crippen molar-refractivity contribution < 1.29 is 23.5 Å². The first-order chi connectivity index (χ1) is 20.8. The summed E-state index contributed by atoms with van der Waals surface area (Å²) in [7, 11) is 4.63. The fraction of sp³-hybridized carbons (Fsp3) is 0.200. The number of para-hydroxylation sites is 1. The van der Waals surface area contributed by atoms with E-state index in [1.165, 1.54) is 11.3 Å². The maximum atomic E-state index is 13.1. The average Bonchev–Trinajstić information content (AvgIpc) is 3.64. The number of anilines is 5. The Hall–Kier alpha value is -5.30. The first kappa shape index (κ1) is 29.2. The molecule has 2 heterocycles. The molecule has 0 unspecified atom stereocenters. The van der Waals surface area contributed by atoms with E-state index in [1.807, 2.05) is 50.2 Å². The van der Waals surface area contributed by atoms with Crippen LogP contribution in [0.15, 0.2) is 59.1 Å². The van der Waals surface area contributed by atoms with Gasteiger partial charge in [0.2, 0.25) is 11.6 Å². The summed E-state index contributed by atoms with van der Waals surface area (Å²) in [5.41, 5.74) is 10.4. The highest BCUT2D eigenvalue weighted by Crippen LogP contribution is 2.42. The van der Waals surface area contributed by atoms with Gasteiger partial charge in [-0.3, -0.25) is 4.79 Å². The summed E-state index contributed by atoms with van der Waals surface area (Å²) in [6.07, 6.45) is 0. The summed E-state index contributed by atoms with van der Waals surface area (Å²) < 4.78 is 21.8. The zero-order chi connectivity index (χ0) is 30.5. The molecule has 2 aromatic heterocycles. The number of hydrogen-bond donors (Lipinski definition) is 4. The van der Waals surface area contributed by atoms with Crippen LogP contribution < -0.4 is 35.9 Å². The van der Waals surface area contributed by atoms with Crippen LogP contribution in [0.4, 0.5) is 28.0 Å². The maximum Gasteiger partial charge on any atom is 0.272 e. The Bertz CT molecular complexity index is 1740. The third-order valence-corrected chi connectivity index (χ3v) is 7.44. The lowest BCUT2D eigenvalue weighted by Crippen LogP contribution is -2.14. The number of benzene rings is 3. The van der Waals surface area contributed by atoms with Crippen molar-refractivity contribution in [1.82, 2.24) is 15.1 Å². The Balaban J connectivity index is 1.37. The number of nitrogens with two attached hydrogens (primary N) is 1. The summed E-state index contributed by atoms with van der Waals surface area (Å²) >= 11 is 1.25. The zero-order valence-electron chi connectivity index (χ0n) is 24.3. The molecule has 0 fully saturated rings. The van der Waals surface area contributed by atoms with Crippen LogP contribution in [0.3, 0.4) is 0 Å². The number of amides is 1. The minimum Gasteiger partial charge on any atom is -0.493 e. The normalized spacial score (nSPS) is 10.7. The molecule has 0 aliphatic carbocycles. The molecule has 1 amide bonds. The van der Waals surface area contributed by atoms with Crippen LogP contribution >= 0.6 is 11.3 Å². The van der Waals surface area contributed by atoms with Gasteiger partial charge >= 0.3 is 0 Å². The quantitative estimate of drug-likeness (QED) is 0.136. The number of nitrogen functional groups attached to an aromatic ring is 1. The van der Waals surface area contributed by atoms with Crippen molar-refractivity contribution in [2.45, 2.75) is 13.8 Å². The number of hydrogen-bond acceptors (Lipinski definition) is 12. The van der Waals surface area contributed by atoms with E-state index in [0.717, 1.165) is 11.3 Å². The van der Waals surface area contributed by atoms with Crippen LogP contribution in [-0.4, -0.2) is 48.9 Å². The van der Waals surface area contributed by atoms with E-state index in [4.69, 9.17) is 24.5 Å². The van der Waals surface area contributed by atoms with Crippen LogP contribution in [0.2, 0.25) is 0 Å². The van der Waals surface area contributed by atoms with Gasteiger partial charge in [0, 0.05) is 41.3 Å².